The summed E-state index contributed by atoms with van der Waals surface area (Å²) < 4.78 is 5.22. The summed E-state index contributed by atoms with van der Waals surface area (Å²) in [6.45, 7) is 6.45. The predicted molar refractivity (Wildman–Crippen MR) is 67.1 cm³/mol. The second kappa shape index (κ2) is 4.12. The maximum absolute atomic E-state index is 5.22. The van der Waals surface area contributed by atoms with E-state index in [-0.39, 0.29) is 0 Å². The lowest BCUT2D eigenvalue weighted by atomic mass is 9.98. The number of aryl methyl sites for hydroxylation is 1. The van der Waals surface area contributed by atoms with E-state index < -0.39 is 0 Å². The summed E-state index contributed by atoms with van der Waals surface area (Å²) in [6, 6.07) is 8.24. The molecule has 0 amide bonds. The number of benzene rings is 1. The molecule has 0 atom stereocenters. The summed E-state index contributed by atoms with van der Waals surface area (Å²) in [7, 11) is 1.68. The minimum absolute atomic E-state index is 0.512. The lowest BCUT2D eigenvalue weighted by molar-refractivity contribution is 0.415. The molecule has 1 aromatic carbocycles. The molecule has 0 bridgehead atoms. The van der Waals surface area contributed by atoms with Crippen molar-refractivity contribution in [1.82, 2.24) is 4.98 Å². The number of aromatic nitrogens is 1. The minimum atomic E-state index is 0.512. The van der Waals surface area contributed by atoms with Crippen LogP contribution in [0.3, 0.4) is 0 Å². The van der Waals surface area contributed by atoms with Gasteiger partial charge in [-0.15, -0.1) is 0 Å². The molecule has 1 aromatic heterocycles. The Hall–Kier alpha value is -1.57. The first kappa shape index (κ1) is 10.9. The van der Waals surface area contributed by atoms with Gasteiger partial charge in [0.15, 0.2) is 0 Å². The molecule has 0 aliphatic heterocycles. The van der Waals surface area contributed by atoms with E-state index >= 15 is 0 Å². The summed E-state index contributed by atoms with van der Waals surface area (Å²) in [5.41, 5.74) is 3.43. The Morgan fingerprint density at radius 2 is 1.94 bits per heavy atom. The number of hydrogen-bond donors (Lipinski definition) is 0. The van der Waals surface area contributed by atoms with Crippen molar-refractivity contribution in [1.29, 1.82) is 0 Å². The SMILES string of the molecule is COc1ccc2c(C(C)C)cc(C)nc2c1. The highest BCUT2D eigenvalue weighted by molar-refractivity contribution is 5.84. The third-order valence-corrected chi connectivity index (χ3v) is 2.80. The molecule has 0 radical (unpaired) electrons. The van der Waals surface area contributed by atoms with Gasteiger partial charge in [0.05, 0.1) is 12.6 Å². The van der Waals surface area contributed by atoms with Crippen LogP contribution in [0.1, 0.15) is 31.0 Å². The van der Waals surface area contributed by atoms with Crippen molar-refractivity contribution in [3.05, 3.63) is 35.5 Å². The first-order valence-corrected chi connectivity index (χ1v) is 5.57. The van der Waals surface area contributed by atoms with Gasteiger partial charge < -0.3 is 4.74 Å². The molecule has 0 spiro atoms. The molecular formula is C14H17NO. The molecule has 2 nitrogen and oxygen atoms in total. The van der Waals surface area contributed by atoms with E-state index in [1.54, 1.807) is 7.11 Å². The largest absolute Gasteiger partial charge is 0.497 e. The second-order valence-electron chi connectivity index (χ2n) is 4.39. The van der Waals surface area contributed by atoms with Gasteiger partial charge in [-0.25, -0.2) is 0 Å². The van der Waals surface area contributed by atoms with Crippen LogP contribution in [0.5, 0.6) is 5.75 Å². The fraction of sp³-hybridized carbons (Fsp3) is 0.357. The van der Waals surface area contributed by atoms with Gasteiger partial charge in [0.1, 0.15) is 5.75 Å². The highest BCUT2D eigenvalue weighted by atomic mass is 16.5. The van der Waals surface area contributed by atoms with Crippen LogP contribution < -0.4 is 4.74 Å². The topological polar surface area (TPSA) is 22.1 Å². The van der Waals surface area contributed by atoms with Crippen molar-refractivity contribution < 1.29 is 4.74 Å². The van der Waals surface area contributed by atoms with Crippen molar-refractivity contribution in [2.45, 2.75) is 26.7 Å². The molecule has 16 heavy (non-hydrogen) atoms. The first-order chi connectivity index (χ1) is 7.61. The van der Waals surface area contributed by atoms with E-state index in [9.17, 15) is 0 Å². The number of fused-ring (bicyclic) bond motifs is 1. The number of methoxy groups -OCH3 is 1. The molecule has 0 unspecified atom stereocenters. The quantitative estimate of drug-likeness (QED) is 0.762. The van der Waals surface area contributed by atoms with Crippen molar-refractivity contribution >= 4 is 10.9 Å². The van der Waals surface area contributed by atoms with E-state index in [1.807, 2.05) is 19.1 Å². The number of rotatable bonds is 2. The first-order valence-electron chi connectivity index (χ1n) is 5.57. The van der Waals surface area contributed by atoms with E-state index in [2.05, 4.69) is 31.0 Å². The van der Waals surface area contributed by atoms with Crippen LogP contribution in [0, 0.1) is 6.92 Å². The van der Waals surface area contributed by atoms with Crippen LogP contribution in [0.2, 0.25) is 0 Å². The lowest BCUT2D eigenvalue weighted by Gasteiger charge is -2.11. The van der Waals surface area contributed by atoms with Crippen molar-refractivity contribution in [3.63, 3.8) is 0 Å². The van der Waals surface area contributed by atoms with E-state index in [0.29, 0.717) is 5.92 Å². The minimum Gasteiger partial charge on any atom is -0.497 e. The lowest BCUT2D eigenvalue weighted by Crippen LogP contribution is -1.94. The maximum atomic E-state index is 5.22. The zero-order valence-corrected chi connectivity index (χ0v) is 10.2. The Bertz CT molecular complexity index is 517. The van der Waals surface area contributed by atoms with Gasteiger partial charge in [-0.3, -0.25) is 4.98 Å². The fourth-order valence-corrected chi connectivity index (χ4v) is 1.98. The number of hydrogen-bond acceptors (Lipinski definition) is 2. The van der Waals surface area contributed by atoms with Gasteiger partial charge in [0, 0.05) is 17.1 Å². The smallest absolute Gasteiger partial charge is 0.121 e. The predicted octanol–water partition coefficient (Wildman–Crippen LogP) is 3.68. The zero-order chi connectivity index (χ0) is 11.7. The Morgan fingerprint density at radius 1 is 1.19 bits per heavy atom. The molecule has 2 aromatic rings. The van der Waals surface area contributed by atoms with Gasteiger partial charge in [-0.2, -0.15) is 0 Å². The van der Waals surface area contributed by atoms with Gasteiger partial charge in [-0.05, 0) is 36.6 Å². The van der Waals surface area contributed by atoms with Crippen LogP contribution in [0.15, 0.2) is 24.3 Å². The van der Waals surface area contributed by atoms with Gasteiger partial charge in [0.25, 0.3) is 0 Å². The van der Waals surface area contributed by atoms with Crippen molar-refractivity contribution in [2.75, 3.05) is 7.11 Å². The molecule has 0 saturated heterocycles. The number of ether oxygens (including phenoxy) is 1. The molecule has 84 valence electrons. The summed E-state index contributed by atoms with van der Waals surface area (Å²) in [5.74, 6) is 1.37. The molecule has 0 aliphatic rings. The maximum Gasteiger partial charge on any atom is 0.121 e. The third kappa shape index (κ3) is 1.87. The third-order valence-electron chi connectivity index (χ3n) is 2.80. The monoisotopic (exact) mass is 215 g/mol. The highest BCUT2D eigenvalue weighted by Crippen LogP contribution is 2.27. The summed E-state index contributed by atoms with van der Waals surface area (Å²) >= 11 is 0. The molecule has 0 saturated carbocycles. The van der Waals surface area contributed by atoms with Crippen LogP contribution in [-0.2, 0) is 0 Å². The summed E-state index contributed by atoms with van der Waals surface area (Å²) in [5, 5.41) is 1.22. The van der Waals surface area contributed by atoms with Crippen molar-refractivity contribution in [2.24, 2.45) is 0 Å². The summed E-state index contributed by atoms with van der Waals surface area (Å²) in [4.78, 5) is 4.55. The normalized spacial score (nSPS) is 11.1. The van der Waals surface area contributed by atoms with Gasteiger partial charge >= 0.3 is 0 Å². The standard InChI is InChI=1S/C14H17NO/c1-9(2)13-7-10(3)15-14-8-11(16-4)5-6-12(13)14/h5-9H,1-4H3. The Kier molecular flexibility index (Phi) is 2.82. The van der Waals surface area contributed by atoms with Crippen LogP contribution in [-0.4, -0.2) is 12.1 Å². The molecular weight excluding hydrogens is 198 g/mol. The second-order valence-corrected chi connectivity index (χ2v) is 4.39. The van der Waals surface area contributed by atoms with E-state index in [1.165, 1.54) is 10.9 Å². The van der Waals surface area contributed by atoms with E-state index in [0.717, 1.165) is 17.0 Å². The van der Waals surface area contributed by atoms with Crippen molar-refractivity contribution in [3.8, 4) is 5.75 Å². The van der Waals surface area contributed by atoms with Crippen LogP contribution in [0.4, 0.5) is 0 Å². The molecule has 1 heterocycles. The summed E-state index contributed by atoms with van der Waals surface area (Å²) in [6.07, 6.45) is 0. The Labute approximate surface area is 96.3 Å². The van der Waals surface area contributed by atoms with Crippen LogP contribution in [0.25, 0.3) is 10.9 Å². The average molecular weight is 215 g/mol. The average Bonchev–Trinajstić information content (AvgIpc) is 2.26. The molecule has 2 heteroatoms. The van der Waals surface area contributed by atoms with E-state index in [4.69, 9.17) is 4.74 Å². The molecule has 2 rings (SSSR count). The Balaban J connectivity index is 2.73. The molecule has 0 fully saturated rings. The van der Waals surface area contributed by atoms with Gasteiger partial charge in [-0.1, -0.05) is 13.8 Å². The number of pyridine rings is 1. The van der Waals surface area contributed by atoms with Gasteiger partial charge in [0.2, 0.25) is 0 Å². The van der Waals surface area contributed by atoms with Crippen LogP contribution >= 0.6 is 0 Å². The Morgan fingerprint density at radius 3 is 2.56 bits per heavy atom. The molecule has 0 N–H and O–H groups in total. The molecule has 0 aliphatic carbocycles. The number of nitrogens with zero attached hydrogens (tertiary/aromatic N) is 1. The highest BCUT2D eigenvalue weighted by Gasteiger charge is 2.08. The zero-order valence-electron chi connectivity index (χ0n) is 10.2. The fourth-order valence-electron chi connectivity index (χ4n) is 1.98.